The third-order valence-electron chi connectivity index (χ3n) is 3.85. The molecule has 18 heavy (non-hydrogen) atoms. The zero-order chi connectivity index (χ0) is 13.1. The van der Waals surface area contributed by atoms with E-state index in [0.29, 0.717) is 12.5 Å². The van der Waals surface area contributed by atoms with Gasteiger partial charge in [-0.15, -0.1) is 0 Å². The SMILES string of the molecule is CCCC1NC(CC(C)C)N(C2CCOC2)C1=O. The van der Waals surface area contributed by atoms with Gasteiger partial charge in [0, 0.05) is 6.61 Å². The highest BCUT2D eigenvalue weighted by atomic mass is 16.5. The summed E-state index contributed by atoms with van der Waals surface area (Å²) >= 11 is 0. The van der Waals surface area contributed by atoms with E-state index < -0.39 is 0 Å². The van der Waals surface area contributed by atoms with Gasteiger partial charge in [0.15, 0.2) is 0 Å². The summed E-state index contributed by atoms with van der Waals surface area (Å²) in [6.07, 6.45) is 4.22. The first-order chi connectivity index (χ1) is 8.63. The molecule has 4 nitrogen and oxygen atoms in total. The van der Waals surface area contributed by atoms with E-state index in [9.17, 15) is 4.79 Å². The maximum absolute atomic E-state index is 12.5. The minimum absolute atomic E-state index is 0.0272. The topological polar surface area (TPSA) is 41.6 Å². The first-order valence-electron chi connectivity index (χ1n) is 7.29. The highest BCUT2D eigenvalue weighted by Crippen LogP contribution is 2.25. The van der Waals surface area contributed by atoms with Gasteiger partial charge in [0.2, 0.25) is 5.91 Å². The molecule has 3 atom stereocenters. The number of nitrogens with zero attached hydrogens (tertiary/aromatic N) is 1. The second kappa shape index (κ2) is 6.02. The summed E-state index contributed by atoms with van der Waals surface area (Å²) in [7, 11) is 0. The molecule has 4 heteroatoms. The molecule has 0 aromatic heterocycles. The Balaban J connectivity index is 2.07. The maximum atomic E-state index is 12.5. The lowest BCUT2D eigenvalue weighted by atomic mass is 10.1. The van der Waals surface area contributed by atoms with Gasteiger partial charge >= 0.3 is 0 Å². The summed E-state index contributed by atoms with van der Waals surface area (Å²) in [6, 6.07) is 0.315. The summed E-state index contributed by atoms with van der Waals surface area (Å²) in [5, 5.41) is 3.52. The molecule has 2 fully saturated rings. The van der Waals surface area contributed by atoms with E-state index in [-0.39, 0.29) is 24.2 Å². The fourth-order valence-corrected chi connectivity index (χ4v) is 3.02. The molecule has 0 bridgehead atoms. The predicted octanol–water partition coefficient (Wildman–Crippen LogP) is 1.75. The van der Waals surface area contributed by atoms with Crippen LogP contribution in [0.5, 0.6) is 0 Å². The van der Waals surface area contributed by atoms with E-state index in [0.717, 1.165) is 32.3 Å². The van der Waals surface area contributed by atoms with Crippen LogP contribution in [-0.4, -0.2) is 42.3 Å². The Kier molecular flexibility index (Phi) is 4.62. The average molecular weight is 254 g/mol. The van der Waals surface area contributed by atoms with Crippen LogP contribution in [0.25, 0.3) is 0 Å². The molecule has 0 radical (unpaired) electrons. The Morgan fingerprint density at radius 2 is 2.28 bits per heavy atom. The number of amides is 1. The number of carbonyl (C=O) groups is 1. The van der Waals surface area contributed by atoms with Crippen molar-refractivity contribution in [2.45, 2.75) is 64.7 Å². The average Bonchev–Trinajstić information content (AvgIpc) is 2.88. The predicted molar refractivity (Wildman–Crippen MR) is 71.1 cm³/mol. The lowest BCUT2D eigenvalue weighted by Crippen LogP contribution is -2.45. The van der Waals surface area contributed by atoms with Gasteiger partial charge in [-0.1, -0.05) is 27.2 Å². The van der Waals surface area contributed by atoms with Crippen molar-refractivity contribution in [1.82, 2.24) is 10.2 Å². The molecule has 3 unspecified atom stereocenters. The maximum Gasteiger partial charge on any atom is 0.241 e. The van der Waals surface area contributed by atoms with Crippen molar-refractivity contribution in [1.29, 1.82) is 0 Å². The molecule has 1 amide bonds. The third-order valence-corrected chi connectivity index (χ3v) is 3.85. The van der Waals surface area contributed by atoms with Crippen molar-refractivity contribution >= 4 is 5.91 Å². The molecule has 104 valence electrons. The van der Waals surface area contributed by atoms with Crippen LogP contribution in [0.15, 0.2) is 0 Å². The molecule has 2 rings (SSSR count). The van der Waals surface area contributed by atoms with Crippen LogP contribution in [0.1, 0.15) is 46.5 Å². The summed E-state index contributed by atoms with van der Waals surface area (Å²) in [5.74, 6) is 0.887. The molecule has 2 heterocycles. The molecule has 0 aromatic carbocycles. The lowest BCUT2D eigenvalue weighted by Gasteiger charge is -2.30. The van der Waals surface area contributed by atoms with Crippen LogP contribution < -0.4 is 5.32 Å². The number of carbonyl (C=O) groups excluding carboxylic acids is 1. The number of rotatable bonds is 5. The Bertz CT molecular complexity index is 288. The largest absolute Gasteiger partial charge is 0.379 e. The summed E-state index contributed by atoms with van der Waals surface area (Å²) in [5.41, 5.74) is 0. The van der Waals surface area contributed by atoms with Gasteiger partial charge in [0.05, 0.1) is 24.9 Å². The molecular formula is C14H26N2O2. The Hall–Kier alpha value is -0.610. The van der Waals surface area contributed by atoms with Gasteiger partial charge in [-0.2, -0.15) is 0 Å². The molecule has 0 saturated carbocycles. The van der Waals surface area contributed by atoms with E-state index in [1.54, 1.807) is 0 Å². The van der Waals surface area contributed by atoms with E-state index in [1.807, 2.05) is 0 Å². The second-order valence-electron chi connectivity index (χ2n) is 5.92. The third kappa shape index (κ3) is 2.86. The molecular weight excluding hydrogens is 228 g/mol. The number of nitrogens with one attached hydrogen (secondary N) is 1. The zero-order valence-corrected chi connectivity index (χ0v) is 11.8. The molecule has 0 aliphatic carbocycles. The van der Waals surface area contributed by atoms with Crippen LogP contribution in [0, 0.1) is 5.92 Å². The fraction of sp³-hybridized carbons (Fsp3) is 0.929. The Labute approximate surface area is 110 Å². The Morgan fingerprint density at radius 3 is 2.83 bits per heavy atom. The van der Waals surface area contributed by atoms with Gasteiger partial charge in [-0.3, -0.25) is 10.1 Å². The highest BCUT2D eigenvalue weighted by Gasteiger charge is 2.42. The smallest absolute Gasteiger partial charge is 0.241 e. The van der Waals surface area contributed by atoms with Crippen molar-refractivity contribution in [2.75, 3.05) is 13.2 Å². The minimum atomic E-state index is 0.0272. The number of hydrogen-bond donors (Lipinski definition) is 1. The van der Waals surface area contributed by atoms with Gasteiger partial charge in [-0.25, -0.2) is 0 Å². The second-order valence-corrected chi connectivity index (χ2v) is 5.92. The normalized spacial score (nSPS) is 32.8. The molecule has 1 N–H and O–H groups in total. The van der Waals surface area contributed by atoms with E-state index in [1.165, 1.54) is 0 Å². The summed E-state index contributed by atoms with van der Waals surface area (Å²) < 4.78 is 5.44. The van der Waals surface area contributed by atoms with Crippen molar-refractivity contribution in [3.05, 3.63) is 0 Å². The Morgan fingerprint density at radius 1 is 1.50 bits per heavy atom. The van der Waals surface area contributed by atoms with Crippen LogP contribution >= 0.6 is 0 Å². The summed E-state index contributed by atoms with van der Waals surface area (Å²) in [4.78, 5) is 14.6. The van der Waals surface area contributed by atoms with Crippen molar-refractivity contribution in [2.24, 2.45) is 5.92 Å². The number of hydrogen-bond acceptors (Lipinski definition) is 3. The fourth-order valence-electron chi connectivity index (χ4n) is 3.02. The molecule has 0 aromatic rings. The van der Waals surface area contributed by atoms with Gasteiger partial charge in [0.25, 0.3) is 0 Å². The summed E-state index contributed by atoms with van der Waals surface area (Å²) in [6.45, 7) is 8.06. The molecule has 2 aliphatic heterocycles. The standard InChI is InChI=1S/C14H26N2O2/c1-4-5-12-14(17)16(11-6-7-18-9-11)13(15-12)8-10(2)3/h10-13,15H,4-9H2,1-3H3. The first-order valence-corrected chi connectivity index (χ1v) is 7.29. The van der Waals surface area contributed by atoms with Crippen LogP contribution in [0.3, 0.4) is 0 Å². The van der Waals surface area contributed by atoms with Gasteiger partial charge in [-0.05, 0) is 25.2 Å². The minimum Gasteiger partial charge on any atom is -0.379 e. The number of ether oxygens (including phenoxy) is 1. The van der Waals surface area contributed by atoms with Crippen LogP contribution in [0.4, 0.5) is 0 Å². The van der Waals surface area contributed by atoms with Crippen molar-refractivity contribution in [3.63, 3.8) is 0 Å². The van der Waals surface area contributed by atoms with Crippen LogP contribution in [0.2, 0.25) is 0 Å². The van der Waals surface area contributed by atoms with Crippen molar-refractivity contribution < 1.29 is 9.53 Å². The highest BCUT2D eigenvalue weighted by molar-refractivity contribution is 5.84. The van der Waals surface area contributed by atoms with Crippen LogP contribution in [-0.2, 0) is 9.53 Å². The molecule has 2 saturated heterocycles. The molecule has 2 aliphatic rings. The zero-order valence-electron chi connectivity index (χ0n) is 11.8. The van der Waals surface area contributed by atoms with E-state index >= 15 is 0 Å². The monoisotopic (exact) mass is 254 g/mol. The first kappa shape index (κ1) is 13.8. The van der Waals surface area contributed by atoms with E-state index in [2.05, 4.69) is 31.0 Å². The van der Waals surface area contributed by atoms with Gasteiger partial charge < -0.3 is 9.64 Å². The quantitative estimate of drug-likeness (QED) is 0.812. The lowest BCUT2D eigenvalue weighted by molar-refractivity contribution is -0.132. The van der Waals surface area contributed by atoms with E-state index in [4.69, 9.17) is 4.74 Å². The van der Waals surface area contributed by atoms with Crippen molar-refractivity contribution in [3.8, 4) is 0 Å². The van der Waals surface area contributed by atoms with Gasteiger partial charge in [0.1, 0.15) is 0 Å². The molecule has 0 spiro atoms.